The number of halogens is 1. The Labute approximate surface area is 129 Å². The number of pyridine rings is 1. The third-order valence-electron chi connectivity index (χ3n) is 2.83. The Balaban J connectivity index is 2.05. The fraction of sp³-hybridized carbons (Fsp3) is 0.214. The normalized spacial score (nSPS) is 11.5. The summed E-state index contributed by atoms with van der Waals surface area (Å²) in [5.74, 6) is 0. The molecule has 0 aliphatic carbocycles. The second-order valence-corrected chi connectivity index (χ2v) is 6.64. The van der Waals surface area contributed by atoms with E-state index in [1.807, 2.05) is 7.05 Å². The Morgan fingerprint density at radius 2 is 1.71 bits per heavy atom. The van der Waals surface area contributed by atoms with E-state index in [0.29, 0.717) is 11.6 Å². The number of hydrogen-bond donors (Lipinski definition) is 2. The molecule has 0 aliphatic rings. The number of hydrogen-bond acceptors (Lipinski definition) is 4. The van der Waals surface area contributed by atoms with Crippen LogP contribution >= 0.6 is 11.6 Å². The summed E-state index contributed by atoms with van der Waals surface area (Å²) in [6.07, 6.45) is 1.55. The Kier molecular flexibility index (Phi) is 5.30. The van der Waals surface area contributed by atoms with Crippen molar-refractivity contribution in [2.24, 2.45) is 0 Å². The second-order valence-electron chi connectivity index (χ2n) is 4.49. The van der Waals surface area contributed by atoms with Crippen molar-refractivity contribution in [2.75, 3.05) is 7.05 Å². The van der Waals surface area contributed by atoms with Crippen LogP contribution in [-0.2, 0) is 23.1 Å². The summed E-state index contributed by atoms with van der Waals surface area (Å²) in [4.78, 5) is 3.98. The number of sulfonamides is 1. The second kappa shape index (κ2) is 7.00. The van der Waals surface area contributed by atoms with Crippen LogP contribution in [-0.4, -0.2) is 20.4 Å². The summed E-state index contributed by atoms with van der Waals surface area (Å²) in [5, 5.41) is 3.60. The van der Waals surface area contributed by atoms with Crippen LogP contribution in [0.2, 0.25) is 5.02 Å². The van der Waals surface area contributed by atoms with Crippen LogP contribution in [0.15, 0.2) is 47.6 Å². The van der Waals surface area contributed by atoms with Gasteiger partial charge in [-0.1, -0.05) is 29.8 Å². The molecule has 0 saturated heterocycles. The van der Waals surface area contributed by atoms with Gasteiger partial charge in [-0.3, -0.25) is 0 Å². The lowest BCUT2D eigenvalue weighted by molar-refractivity contribution is 0.577. The molecule has 112 valence electrons. The van der Waals surface area contributed by atoms with E-state index in [1.165, 1.54) is 6.07 Å². The molecule has 0 unspecified atom stereocenters. The Morgan fingerprint density at radius 1 is 1.05 bits per heavy atom. The number of nitrogens with one attached hydrogen (secondary N) is 2. The Morgan fingerprint density at radius 3 is 2.29 bits per heavy atom. The predicted octanol–water partition coefficient (Wildman–Crippen LogP) is 1.93. The molecule has 0 amide bonds. The molecule has 2 N–H and O–H groups in total. The van der Waals surface area contributed by atoms with Gasteiger partial charge in [0.15, 0.2) is 5.03 Å². The smallest absolute Gasteiger partial charge is 0.258 e. The summed E-state index contributed by atoms with van der Waals surface area (Å²) in [6.45, 7) is 0.838. The molecule has 0 bridgehead atoms. The first-order chi connectivity index (χ1) is 10.0. The minimum atomic E-state index is -3.61. The maximum Gasteiger partial charge on any atom is 0.258 e. The van der Waals surface area contributed by atoms with Gasteiger partial charge in [-0.2, -0.15) is 0 Å². The van der Waals surface area contributed by atoms with E-state index >= 15 is 0 Å². The SMILES string of the molecule is CNCc1ccc(S(=O)(=O)NCc2ccc(Cl)cc2)nc1. The summed E-state index contributed by atoms with van der Waals surface area (Å²) >= 11 is 5.78. The van der Waals surface area contributed by atoms with Gasteiger partial charge in [0.2, 0.25) is 0 Å². The molecule has 0 saturated carbocycles. The summed E-state index contributed by atoms with van der Waals surface area (Å²) in [5.41, 5.74) is 1.75. The van der Waals surface area contributed by atoms with Crippen molar-refractivity contribution in [3.8, 4) is 0 Å². The zero-order valence-corrected chi connectivity index (χ0v) is 13.1. The minimum absolute atomic E-state index is 0.0105. The van der Waals surface area contributed by atoms with Crippen LogP contribution in [0.1, 0.15) is 11.1 Å². The number of rotatable bonds is 6. The van der Waals surface area contributed by atoms with Crippen molar-refractivity contribution < 1.29 is 8.42 Å². The van der Waals surface area contributed by atoms with Crippen molar-refractivity contribution in [2.45, 2.75) is 18.1 Å². The van der Waals surface area contributed by atoms with Crippen LogP contribution in [0.5, 0.6) is 0 Å². The quantitative estimate of drug-likeness (QED) is 0.851. The van der Waals surface area contributed by atoms with E-state index in [0.717, 1.165) is 11.1 Å². The highest BCUT2D eigenvalue weighted by molar-refractivity contribution is 7.89. The summed E-state index contributed by atoms with van der Waals surface area (Å²) in [7, 11) is -1.80. The van der Waals surface area contributed by atoms with Crippen molar-refractivity contribution in [1.29, 1.82) is 0 Å². The van der Waals surface area contributed by atoms with E-state index in [2.05, 4.69) is 15.0 Å². The van der Waals surface area contributed by atoms with Gasteiger partial charge in [0.05, 0.1) is 0 Å². The topological polar surface area (TPSA) is 71.1 Å². The molecule has 21 heavy (non-hydrogen) atoms. The summed E-state index contributed by atoms with van der Waals surface area (Å²) < 4.78 is 26.8. The van der Waals surface area contributed by atoms with Gasteiger partial charge in [-0.25, -0.2) is 18.1 Å². The predicted molar refractivity (Wildman–Crippen MR) is 82.5 cm³/mol. The van der Waals surface area contributed by atoms with Gasteiger partial charge < -0.3 is 5.32 Å². The average molecular weight is 326 g/mol. The molecule has 2 aromatic rings. The molecule has 0 atom stereocenters. The standard InChI is InChI=1S/C14H16ClN3O2S/c1-16-8-12-4-7-14(17-9-12)21(19,20)18-10-11-2-5-13(15)6-3-11/h2-7,9,16,18H,8,10H2,1H3. The molecule has 1 aromatic carbocycles. The number of nitrogens with zero attached hydrogens (tertiary/aromatic N) is 1. The highest BCUT2D eigenvalue weighted by atomic mass is 35.5. The third kappa shape index (κ3) is 4.50. The van der Waals surface area contributed by atoms with Gasteiger partial charge >= 0.3 is 0 Å². The van der Waals surface area contributed by atoms with Gasteiger partial charge in [0.25, 0.3) is 10.0 Å². The van der Waals surface area contributed by atoms with Crippen molar-refractivity contribution in [3.05, 3.63) is 58.7 Å². The molecule has 0 fully saturated rings. The first-order valence-electron chi connectivity index (χ1n) is 6.35. The van der Waals surface area contributed by atoms with Gasteiger partial charge in [-0.05, 0) is 36.4 Å². The van der Waals surface area contributed by atoms with Crippen LogP contribution in [0.25, 0.3) is 0 Å². The molecule has 2 rings (SSSR count). The van der Waals surface area contributed by atoms with Crippen molar-refractivity contribution in [1.82, 2.24) is 15.0 Å². The minimum Gasteiger partial charge on any atom is -0.316 e. The first kappa shape index (κ1) is 15.9. The summed E-state index contributed by atoms with van der Waals surface area (Å²) in [6, 6.07) is 10.2. The van der Waals surface area contributed by atoms with Crippen LogP contribution in [0.3, 0.4) is 0 Å². The molecule has 0 radical (unpaired) electrons. The van der Waals surface area contributed by atoms with E-state index < -0.39 is 10.0 Å². The maximum atomic E-state index is 12.1. The molecule has 1 aromatic heterocycles. The van der Waals surface area contributed by atoms with Crippen LogP contribution < -0.4 is 10.0 Å². The highest BCUT2D eigenvalue weighted by Crippen LogP contribution is 2.11. The molecular weight excluding hydrogens is 310 g/mol. The monoisotopic (exact) mass is 325 g/mol. The average Bonchev–Trinajstić information content (AvgIpc) is 2.48. The zero-order valence-electron chi connectivity index (χ0n) is 11.5. The first-order valence-corrected chi connectivity index (χ1v) is 8.21. The highest BCUT2D eigenvalue weighted by Gasteiger charge is 2.15. The Bertz CT molecular complexity index is 685. The molecule has 7 heteroatoms. The van der Waals surface area contributed by atoms with Gasteiger partial charge in [-0.15, -0.1) is 0 Å². The lowest BCUT2D eigenvalue weighted by Crippen LogP contribution is -2.24. The largest absolute Gasteiger partial charge is 0.316 e. The van der Waals surface area contributed by atoms with E-state index in [9.17, 15) is 8.42 Å². The number of aromatic nitrogens is 1. The molecule has 0 spiro atoms. The van der Waals surface area contributed by atoms with E-state index in [-0.39, 0.29) is 11.6 Å². The third-order valence-corrected chi connectivity index (χ3v) is 4.40. The fourth-order valence-corrected chi connectivity index (χ4v) is 2.80. The van der Waals surface area contributed by atoms with Crippen LogP contribution in [0, 0.1) is 0 Å². The molecule has 1 heterocycles. The molecule has 0 aliphatic heterocycles. The zero-order chi connectivity index (χ0) is 15.3. The van der Waals surface area contributed by atoms with Gasteiger partial charge in [0.1, 0.15) is 0 Å². The van der Waals surface area contributed by atoms with E-state index in [1.54, 1.807) is 36.5 Å². The fourth-order valence-electron chi connectivity index (χ4n) is 1.73. The maximum absolute atomic E-state index is 12.1. The van der Waals surface area contributed by atoms with E-state index in [4.69, 9.17) is 11.6 Å². The van der Waals surface area contributed by atoms with Crippen molar-refractivity contribution >= 4 is 21.6 Å². The number of benzene rings is 1. The molecule has 5 nitrogen and oxygen atoms in total. The lowest BCUT2D eigenvalue weighted by atomic mass is 10.2. The Hall–Kier alpha value is -1.47. The van der Waals surface area contributed by atoms with Crippen LogP contribution in [0.4, 0.5) is 0 Å². The lowest BCUT2D eigenvalue weighted by Gasteiger charge is -2.07. The van der Waals surface area contributed by atoms with Crippen molar-refractivity contribution in [3.63, 3.8) is 0 Å². The van der Waals surface area contributed by atoms with Gasteiger partial charge in [0, 0.05) is 24.3 Å². The molecular formula is C14H16ClN3O2S.